The standard InChI is InChI=1S/C11H24O2/c1-9(2)11(13-6,10(3)4)7-8-12-5/h9-10H,7-8H2,1-6H3. The highest BCUT2D eigenvalue weighted by atomic mass is 16.5. The van der Waals surface area contributed by atoms with Gasteiger partial charge in [0, 0.05) is 27.2 Å². The molecule has 0 spiro atoms. The van der Waals surface area contributed by atoms with Crippen molar-refractivity contribution in [3.8, 4) is 0 Å². The van der Waals surface area contributed by atoms with Gasteiger partial charge in [0.2, 0.25) is 0 Å². The second kappa shape index (κ2) is 5.61. The van der Waals surface area contributed by atoms with Crippen LogP contribution >= 0.6 is 0 Å². The Morgan fingerprint density at radius 3 is 1.69 bits per heavy atom. The van der Waals surface area contributed by atoms with Gasteiger partial charge in [0.05, 0.1) is 5.60 Å². The lowest BCUT2D eigenvalue weighted by molar-refractivity contribution is -0.0991. The van der Waals surface area contributed by atoms with Gasteiger partial charge in [-0.3, -0.25) is 0 Å². The Balaban J connectivity index is 4.45. The molecule has 2 nitrogen and oxygen atoms in total. The van der Waals surface area contributed by atoms with Crippen molar-refractivity contribution in [3.05, 3.63) is 0 Å². The zero-order valence-electron chi connectivity index (χ0n) is 9.89. The zero-order valence-corrected chi connectivity index (χ0v) is 9.89. The molecule has 0 aromatic heterocycles. The summed E-state index contributed by atoms with van der Waals surface area (Å²) in [6, 6.07) is 0. The van der Waals surface area contributed by atoms with Crippen LogP contribution in [-0.4, -0.2) is 26.4 Å². The van der Waals surface area contributed by atoms with Gasteiger partial charge in [-0.2, -0.15) is 0 Å². The van der Waals surface area contributed by atoms with Gasteiger partial charge in [-0.25, -0.2) is 0 Å². The first-order chi connectivity index (χ1) is 6.01. The Hall–Kier alpha value is -0.0800. The van der Waals surface area contributed by atoms with E-state index < -0.39 is 0 Å². The zero-order chi connectivity index (χ0) is 10.5. The van der Waals surface area contributed by atoms with E-state index in [2.05, 4.69) is 27.7 Å². The SMILES string of the molecule is COCCC(OC)(C(C)C)C(C)C. The fourth-order valence-electron chi connectivity index (χ4n) is 2.08. The highest BCUT2D eigenvalue weighted by molar-refractivity contribution is 4.86. The van der Waals surface area contributed by atoms with Crippen LogP contribution in [0.4, 0.5) is 0 Å². The van der Waals surface area contributed by atoms with Crippen LogP contribution in [0.15, 0.2) is 0 Å². The molecule has 0 amide bonds. The van der Waals surface area contributed by atoms with Crippen molar-refractivity contribution in [2.75, 3.05) is 20.8 Å². The number of ether oxygens (including phenoxy) is 2. The molecule has 0 rings (SSSR count). The first-order valence-electron chi connectivity index (χ1n) is 5.05. The Bertz CT molecular complexity index is 122. The molecule has 0 saturated heterocycles. The average Bonchev–Trinajstić information content (AvgIpc) is 2.05. The number of rotatable bonds is 6. The molecule has 0 aliphatic heterocycles. The van der Waals surface area contributed by atoms with Crippen LogP contribution in [0.3, 0.4) is 0 Å². The van der Waals surface area contributed by atoms with Crippen LogP contribution in [0.2, 0.25) is 0 Å². The summed E-state index contributed by atoms with van der Waals surface area (Å²) >= 11 is 0. The molecule has 0 aliphatic rings. The molecular weight excluding hydrogens is 164 g/mol. The van der Waals surface area contributed by atoms with Gasteiger partial charge in [-0.05, 0) is 11.8 Å². The summed E-state index contributed by atoms with van der Waals surface area (Å²) in [5.41, 5.74) is -0.0317. The molecule has 0 aliphatic carbocycles. The van der Waals surface area contributed by atoms with E-state index in [-0.39, 0.29) is 5.60 Å². The van der Waals surface area contributed by atoms with E-state index in [0.717, 1.165) is 13.0 Å². The van der Waals surface area contributed by atoms with Crippen LogP contribution in [0.5, 0.6) is 0 Å². The summed E-state index contributed by atoms with van der Waals surface area (Å²) in [6.07, 6.45) is 0.968. The highest BCUT2D eigenvalue weighted by Gasteiger charge is 2.36. The lowest BCUT2D eigenvalue weighted by Crippen LogP contribution is -2.43. The van der Waals surface area contributed by atoms with Gasteiger partial charge in [0.1, 0.15) is 0 Å². The lowest BCUT2D eigenvalue weighted by Gasteiger charge is -2.40. The average molecular weight is 188 g/mol. The molecule has 0 radical (unpaired) electrons. The summed E-state index contributed by atoms with van der Waals surface area (Å²) in [5, 5.41) is 0. The Morgan fingerprint density at radius 1 is 1.00 bits per heavy atom. The molecule has 80 valence electrons. The van der Waals surface area contributed by atoms with Gasteiger partial charge in [0.25, 0.3) is 0 Å². The van der Waals surface area contributed by atoms with E-state index in [1.54, 1.807) is 14.2 Å². The Morgan fingerprint density at radius 2 is 1.46 bits per heavy atom. The van der Waals surface area contributed by atoms with Gasteiger partial charge in [0.15, 0.2) is 0 Å². The molecule has 13 heavy (non-hydrogen) atoms. The van der Waals surface area contributed by atoms with Crippen molar-refractivity contribution < 1.29 is 9.47 Å². The highest BCUT2D eigenvalue weighted by Crippen LogP contribution is 2.33. The van der Waals surface area contributed by atoms with E-state index in [9.17, 15) is 0 Å². The van der Waals surface area contributed by atoms with Gasteiger partial charge in [-0.1, -0.05) is 27.7 Å². The predicted molar refractivity (Wildman–Crippen MR) is 55.9 cm³/mol. The fourth-order valence-corrected chi connectivity index (χ4v) is 2.08. The maximum atomic E-state index is 5.68. The van der Waals surface area contributed by atoms with E-state index in [1.165, 1.54) is 0 Å². The quantitative estimate of drug-likeness (QED) is 0.638. The maximum Gasteiger partial charge on any atom is 0.0746 e. The van der Waals surface area contributed by atoms with Crippen molar-refractivity contribution in [3.63, 3.8) is 0 Å². The molecule has 0 fully saturated rings. The van der Waals surface area contributed by atoms with Crippen molar-refractivity contribution in [1.82, 2.24) is 0 Å². The minimum atomic E-state index is -0.0317. The van der Waals surface area contributed by atoms with Gasteiger partial charge >= 0.3 is 0 Å². The molecule has 2 heteroatoms. The molecule has 0 heterocycles. The number of hydrogen-bond donors (Lipinski definition) is 0. The van der Waals surface area contributed by atoms with E-state index >= 15 is 0 Å². The smallest absolute Gasteiger partial charge is 0.0746 e. The van der Waals surface area contributed by atoms with Crippen molar-refractivity contribution >= 4 is 0 Å². The normalized spacial score (nSPS) is 12.9. The van der Waals surface area contributed by atoms with Gasteiger partial charge in [-0.15, -0.1) is 0 Å². The fraction of sp³-hybridized carbons (Fsp3) is 1.00. The summed E-state index contributed by atoms with van der Waals surface area (Å²) in [6.45, 7) is 9.60. The van der Waals surface area contributed by atoms with Crippen LogP contribution in [-0.2, 0) is 9.47 Å². The molecule has 0 atom stereocenters. The molecule has 0 bridgehead atoms. The predicted octanol–water partition coefficient (Wildman–Crippen LogP) is 2.72. The van der Waals surface area contributed by atoms with Crippen molar-refractivity contribution in [2.45, 2.75) is 39.7 Å². The molecule has 0 N–H and O–H groups in total. The molecular formula is C11H24O2. The third-order valence-corrected chi connectivity index (χ3v) is 3.03. The third-order valence-electron chi connectivity index (χ3n) is 3.03. The second-order valence-electron chi connectivity index (χ2n) is 4.21. The largest absolute Gasteiger partial charge is 0.385 e. The third kappa shape index (κ3) is 2.96. The molecule has 0 aromatic carbocycles. The van der Waals surface area contributed by atoms with E-state index in [1.807, 2.05) is 0 Å². The summed E-state index contributed by atoms with van der Waals surface area (Å²) in [7, 11) is 3.54. The Kier molecular flexibility index (Phi) is 5.57. The minimum absolute atomic E-state index is 0.0317. The molecule has 0 unspecified atom stereocenters. The van der Waals surface area contributed by atoms with Crippen molar-refractivity contribution in [1.29, 1.82) is 0 Å². The van der Waals surface area contributed by atoms with Crippen LogP contribution in [0.1, 0.15) is 34.1 Å². The molecule has 0 saturated carbocycles. The summed E-state index contributed by atoms with van der Waals surface area (Å²) < 4.78 is 10.8. The summed E-state index contributed by atoms with van der Waals surface area (Å²) in [5.74, 6) is 1.04. The number of hydrogen-bond acceptors (Lipinski definition) is 2. The Labute approximate surface area is 82.6 Å². The summed E-state index contributed by atoms with van der Waals surface area (Å²) in [4.78, 5) is 0. The van der Waals surface area contributed by atoms with E-state index in [4.69, 9.17) is 9.47 Å². The topological polar surface area (TPSA) is 18.5 Å². The van der Waals surface area contributed by atoms with Gasteiger partial charge < -0.3 is 9.47 Å². The van der Waals surface area contributed by atoms with Crippen molar-refractivity contribution in [2.24, 2.45) is 11.8 Å². The first-order valence-corrected chi connectivity index (χ1v) is 5.05. The van der Waals surface area contributed by atoms with Crippen LogP contribution in [0, 0.1) is 11.8 Å². The van der Waals surface area contributed by atoms with Crippen LogP contribution in [0.25, 0.3) is 0 Å². The minimum Gasteiger partial charge on any atom is -0.385 e. The lowest BCUT2D eigenvalue weighted by atomic mass is 9.78. The molecule has 0 aromatic rings. The van der Waals surface area contributed by atoms with E-state index in [0.29, 0.717) is 11.8 Å². The number of methoxy groups -OCH3 is 2. The maximum absolute atomic E-state index is 5.68. The first kappa shape index (κ1) is 12.9. The second-order valence-corrected chi connectivity index (χ2v) is 4.21. The van der Waals surface area contributed by atoms with Crippen LogP contribution < -0.4 is 0 Å². The monoisotopic (exact) mass is 188 g/mol.